The number of carbonyl (C=O) groups is 1. The molecular formula is C20H23ClN4OS. The highest BCUT2D eigenvalue weighted by molar-refractivity contribution is 7.99. The lowest BCUT2D eigenvalue weighted by atomic mass is 10.0. The predicted octanol–water partition coefficient (Wildman–Crippen LogP) is 4.77. The molecule has 1 amide bonds. The molecule has 2 aliphatic rings. The zero-order valence-electron chi connectivity index (χ0n) is 15.4. The van der Waals surface area contributed by atoms with Gasteiger partial charge < -0.3 is 4.90 Å². The van der Waals surface area contributed by atoms with E-state index >= 15 is 0 Å². The number of benzene rings is 1. The Bertz CT molecular complexity index is 875. The number of hydrogen-bond donors (Lipinski definition) is 0. The van der Waals surface area contributed by atoms with Gasteiger partial charge in [0.2, 0.25) is 5.91 Å². The molecule has 2 aliphatic carbocycles. The average molecular weight is 403 g/mol. The fraction of sp³-hybridized carbons (Fsp3) is 0.450. The Labute approximate surface area is 168 Å². The van der Waals surface area contributed by atoms with Crippen LogP contribution < -0.4 is 0 Å². The van der Waals surface area contributed by atoms with Crippen LogP contribution in [0, 0.1) is 6.92 Å². The lowest BCUT2D eigenvalue weighted by Gasteiger charge is -2.27. The summed E-state index contributed by atoms with van der Waals surface area (Å²) in [6.07, 6.45) is 10.7. The van der Waals surface area contributed by atoms with E-state index in [2.05, 4.69) is 21.2 Å². The van der Waals surface area contributed by atoms with Crippen molar-refractivity contribution in [1.82, 2.24) is 19.7 Å². The van der Waals surface area contributed by atoms with Gasteiger partial charge in [0.25, 0.3) is 0 Å². The molecule has 4 rings (SSSR count). The van der Waals surface area contributed by atoms with Crippen LogP contribution in [0.3, 0.4) is 0 Å². The molecule has 0 aliphatic heterocycles. The third-order valence-corrected chi connectivity index (χ3v) is 6.37. The zero-order chi connectivity index (χ0) is 18.8. The minimum absolute atomic E-state index is 0.173. The maximum absolute atomic E-state index is 13.0. The van der Waals surface area contributed by atoms with E-state index in [0.717, 1.165) is 36.9 Å². The molecule has 1 fully saturated rings. The largest absolute Gasteiger partial charge is 0.313 e. The quantitative estimate of drug-likeness (QED) is 0.653. The number of allylic oxidation sites excluding steroid dienone is 2. The summed E-state index contributed by atoms with van der Waals surface area (Å²) in [6.45, 7) is 1.97. The molecule has 0 spiro atoms. The van der Waals surface area contributed by atoms with Gasteiger partial charge in [-0.2, -0.15) is 0 Å². The van der Waals surface area contributed by atoms with E-state index in [1.165, 1.54) is 30.3 Å². The first-order chi connectivity index (χ1) is 13.1. The summed E-state index contributed by atoms with van der Waals surface area (Å²) in [7, 11) is 0. The van der Waals surface area contributed by atoms with Gasteiger partial charge in [-0.3, -0.25) is 9.36 Å². The number of thioether (sulfide) groups is 1. The summed E-state index contributed by atoms with van der Waals surface area (Å²) in [5, 5.41) is 9.63. The number of hydrogen-bond acceptors (Lipinski definition) is 4. The van der Waals surface area contributed by atoms with E-state index in [1.807, 2.05) is 29.7 Å². The second-order valence-corrected chi connectivity index (χ2v) is 8.49. The van der Waals surface area contributed by atoms with Gasteiger partial charge >= 0.3 is 0 Å². The Balaban J connectivity index is 1.47. The third kappa shape index (κ3) is 4.22. The maximum atomic E-state index is 13.0. The van der Waals surface area contributed by atoms with E-state index < -0.39 is 0 Å². The van der Waals surface area contributed by atoms with Crippen LogP contribution in [-0.4, -0.2) is 37.4 Å². The van der Waals surface area contributed by atoms with Gasteiger partial charge in [-0.15, -0.1) is 10.2 Å². The van der Waals surface area contributed by atoms with Crippen molar-refractivity contribution in [2.24, 2.45) is 0 Å². The number of carbonyl (C=O) groups excluding carboxylic acids is 1. The number of rotatable bonds is 6. The molecule has 142 valence electrons. The first-order valence-corrected chi connectivity index (χ1v) is 10.8. The molecule has 1 saturated carbocycles. The molecule has 7 heteroatoms. The van der Waals surface area contributed by atoms with Crippen LogP contribution >= 0.6 is 23.4 Å². The molecule has 0 bridgehead atoms. The fourth-order valence-electron chi connectivity index (χ4n) is 3.40. The van der Waals surface area contributed by atoms with Crippen LogP contribution in [0.1, 0.15) is 44.1 Å². The van der Waals surface area contributed by atoms with Crippen LogP contribution in [0.4, 0.5) is 0 Å². The minimum atomic E-state index is 0.173. The summed E-state index contributed by atoms with van der Waals surface area (Å²) in [4.78, 5) is 15.0. The van der Waals surface area contributed by atoms with E-state index in [0.29, 0.717) is 22.0 Å². The molecule has 0 radical (unpaired) electrons. The van der Waals surface area contributed by atoms with Crippen molar-refractivity contribution in [3.8, 4) is 5.69 Å². The van der Waals surface area contributed by atoms with Crippen LogP contribution in [-0.2, 0) is 4.79 Å². The van der Waals surface area contributed by atoms with Crippen LogP contribution in [0.5, 0.6) is 0 Å². The highest BCUT2D eigenvalue weighted by Gasteiger charge is 2.35. The molecular weight excluding hydrogens is 380 g/mol. The summed E-state index contributed by atoms with van der Waals surface area (Å²) in [6, 6.07) is 6.26. The van der Waals surface area contributed by atoms with E-state index in [9.17, 15) is 4.79 Å². The van der Waals surface area contributed by atoms with Crippen molar-refractivity contribution in [1.29, 1.82) is 0 Å². The van der Waals surface area contributed by atoms with Gasteiger partial charge in [-0.25, -0.2) is 0 Å². The van der Waals surface area contributed by atoms with Crippen molar-refractivity contribution < 1.29 is 4.79 Å². The summed E-state index contributed by atoms with van der Waals surface area (Å²) >= 11 is 7.68. The Hall–Kier alpha value is -1.79. The second kappa shape index (κ2) is 8.07. The fourth-order valence-corrected chi connectivity index (χ4v) is 4.36. The van der Waals surface area contributed by atoms with Gasteiger partial charge in [0.15, 0.2) is 5.16 Å². The summed E-state index contributed by atoms with van der Waals surface area (Å²) in [5.41, 5.74) is 3.15. The molecule has 27 heavy (non-hydrogen) atoms. The normalized spacial score (nSPS) is 16.9. The standard InChI is InChI=1S/C20H23ClN4OS/c1-14-7-8-17(11-18(14)21)24-13-22-23-20(24)27-12-19(26)25(16-9-10-16)15-5-3-2-4-6-15/h5,7-8,11,13,16H,2-4,6,9-10,12H2,1H3. The number of amides is 1. The molecule has 0 saturated heterocycles. The Morgan fingerprint density at radius 1 is 1.37 bits per heavy atom. The highest BCUT2D eigenvalue weighted by Crippen LogP contribution is 2.34. The Morgan fingerprint density at radius 2 is 2.22 bits per heavy atom. The van der Waals surface area contributed by atoms with Gasteiger partial charge in [0.1, 0.15) is 6.33 Å². The van der Waals surface area contributed by atoms with E-state index in [-0.39, 0.29) is 5.91 Å². The lowest BCUT2D eigenvalue weighted by molar-refractivity contribution is -0.127. The summed E-state index contributed by atoms with van der Waals surface area (Å²) < 4.78 is 1.88. The third-order valence-electron chi connectivity index (χ3n) is 5.03. The summed E-state index contributed by atoms with van der Waals surface area (Å²) in [5.74, 6) is 0.540. The Kier molecular flexibility index (Phi) is 5.55. The maximum Gasteiger partial charge on any atom is 0.237 e. The number of nitrogens with zero attached hydrogens (tertiary/aromatic N) is 4. The average Bonchev–Trinajstić information content (AvgIpc) is 3.39. The molecule has 0 N–H and O–H groups in total. The molecule has 0 unspecified atom stereocenters. The smallest absolute Gasteiger partial charge is 0.237 e. The van der Waals surface area contributed by atoms with Gasteiger partial charge in [0.05, 0.1) is 11.4 Å². The molecule has 1 heterocycles. The Morgan fingerprint density at radius 3 is 2.93 bits per heavy atom. The van der Waals surface area contributed by atoms with Crippen LogP contribution in [0.25, 0.3) is 5.69 Å². The van der Waals surface area contributed by atoms with Gasteiger partial charge in [-0.05, 0) is 63.1 Å². The molecule has 2 aromatic rings. The number of aryl methyl sites for hydroxylation is 1. The second-order valence-electron chi connectivity index (χ2n) is 7.14. The van der Waals surface area contributed by atoms with E-state index in [4.69, 9.17) is 11.6 Å². The van der Waals surface area contributed by atoms with Crippen LogP contribution in [0.2, 0.25) is 5.02 Å². The van der Waals surface area contributed by atoms with Crippen molar-refractivity contribution in [3.63, 3.8) is 0 Å². The lowest BCUT2D eigenvalue weighted by Crippen LogP contribution is -2.34. The van der Waals surface area contributed by atoms with Crippen LogP contribution in [0.15, 0.2) is 41.5 Å². The van der Waals surface area contributed by atoms with Crippen molar-refractivity contribution >= 4 is 29.3 Å². The predicted molar refractivity (Wildman–Crippen MR) is 108 cm³/mol. The van der Waals surface area contributed by atoms with E-state index in [1.54, 1.807) is 6.33 Å². The number of aromatic nitrogens is 3. The monoisotopic (exact) mass is 402 g/mol. The first-order valence-electron chi connectivity index (χ1n) is 9.44. The van der Waals surface area contributed by atoms with Crippen molar-refractivity contribution in [2.75, 3.05) is 5.75 Å². The molecule has 5 nitrogen and oxygen atoms in total. The molecule has 0 atom stereocenters. The first kappa shape index (κ1) is 18.6. The topological polar surface area (TPSA) is 51.0 Å². The zero-order valence-corrected chi connectivity index (χ0v) is 17.0. The van der Waals surface area contributed by atoms with Crippen molar-refractivity contribution in [2.45, 2.75) is 56.6 Å². The molecule has 1 aromatic carbocycles. The highest BCUT2D eigenvalue weighted by atomic mass is 35.5. The SMILES string of the molecule is Cc1ccc(-n2cnnc2SCC(=O)N(C2=CCCCC2)C2CC2)cc1Cl. The van der Waals surface area contributed by atoms with Crippen molar-refractivity contribution in [3.05, 3.63) is 46.9 Å². The number of halogens is 1. The minimum Gasteiger partial charge on any atom is -0.313 e. The van der Waals surface area contributed by atoms with Gasteiger partial charge in [0, 0.05) is 16.8 Å². The molecule has 1 aromatic heterocycles. The van der Waals surface area contributed by atoms with Gasteiger partial charge in [-0.1, -0.05) is 35.5 Å².